The number of anilines is 3. The van der Waals surface area contributed by atoms with Crippen LogP contribution in [0.1, 0.15) is 49.0 Å². The highest BCUT2D eigenvalue weighted by Crippen LogP contribution is 2.40. The lowest BCUT2D eigenvalue weighted by atomic mass is 10.0. The molecule has 0 saturated heterocycles. The van der Waals surface area contributed by atoms with Gasteiger partial charge in [0.1, 0.15) is 28.6 Å². The molecule has 0 aromatic carbocycles. The minimum atomic E-state index is -0.367. The molecule has 3 aromatic rings. The maximum Gasteiger partial charge on any atom is 0.247 e. The van der Waals surface area contributed by atoms with E-state index < -0.39 is 0 Å². The van der Waals surface area contributed by atoms with Crippen molar-refractivity contribution >= 4 is 40.7 Å². The Hall–Kier alpha value is -3.34. The van der Waals surface area contributed by atoms with Crippen LogP contribution in [0.3, 0.4) is 0 Å². The van der Waals surface area contributed by atoms with Crippen LogP contribution in [0.25, 0.3) is 0 Å². The van der Waals surface area contributed by atoms with Crippen molar-refractivity contribution in [3.63, 3.8) is 0 Å². The van der Waals surface area contributed by atoms with Gasteiger partial charge in [-0.15, -0.1) is 11.3 Å². The highest BCUT2D eigenvalue weighted by molar-refractivity contribution is 7.09. The Morgan fingerprint density at radius 1 is 1.25 bits per heavy atom. The molecule has 3 aromatic heterocycles. The van der Waals surface area contributed by atoms with E-state index in [4.69, 9.17) is 4.98 Å². The van der Waals surface area contributed by atoms with Crippen LogP contribution in [-0.4, -0.2) is 42.9 Å². The predicted molar refractivity (Wildman–Crippen MR) is 121 cm³/mol. The minimum absolute atomic E-state index is 0.0592. The Labute approximate surface area is 188 Å². The number of hydrazone groups is 1. The molecule has 1 saturated carbocycles. The molecule has 11 heteroatoms. The molecule has 1 amide bonds. The van der Waals surface area contributed by atoms with Crippen LogP contribution in [0.4, 0.5) is 17.2 Å². The molecule has 0 radical (unpaired) electrons. The summed E-state index contributed by atoms with van der Waals surface area (Å²) in [6.07, 6.45) is 12.3. The Bertz CT molecular complexity index is 1170. The lowest BCUT2D eigenvalue weighted by molar-refractivity contribution is -0.117. The SMILES string of the molecule is CCC1C(=O)Nc2cnc(C3C=NNC3c3nccs3)nc2N1c1cnn(CC2CC2)c1. The zero-order chi connectivity index (χ0) is 21.7. The number of thiazole rings is 1. The molecule has 1 fully saturated rings. The number of hydrogen-bond donors (Lipinski definition) is 2. The molecule has 2 aliphatic heterocycles. The van der Waals surface area contributed by atoms with Crippen LogP contribution in [0, 0.1) is 5.92 Å². The fourth-order valence-corrected chi connectivity index (χ4v) is 5.02. The molecule has 3 aliphatic rings. The normalized spacial score (nSPS) is 24.3. The number of rotatable bonds is 6. The van der Waals surface area contributed by atoms with Crippen molar-refractivity contribution in [1.29, 1.82) is 0 Å². The van der Waals surface area contributed by atoms with Crippen LogP contribution in [0.2, 0.25) is 0 Å². The molecule has 2 N–H and O–H groups in total. The van der Waals surface area contributed by atoms with E-state index in [9.17, 15) is 4.79 Å². The summed E-state index contributed by atoms with van der Waals surface area (Å²) in [7, 11) is 0. The topological polar surface area (TPSA) is 113 Å². The lowest BCUT2D eigenvalue weighted by Gasteiger charge is -2.35. The van der Waals surface area contributed by atoms with Crippen molar-refractivity contribution < 1.29 is 4.79 Å². The Kier molecular flexibility index (Phi) is 4.63. The fourth-order valence-electron chi connectivity index (χ4n) is 4.29. The van der Waals surface area contributed by atoms with Crippen molar-refractivity contribution in [2.45, 2.75) is 50.7 Å². The molecule has 3 unspecified atom stereocenters. The summed E-state index contributed by atoms with van der Waals surface area (Å²) in [5, 5.41) is 14.7. The highest BCUT2D eigenvalue weighted by Gasteiger charge is 2.37. The summed E-state index contributed by atoms with van der Waals surface area (Å²) < 4.78 is 1.97. The van der Waals surface area contributed by atoms with Gasteiger partial charge < -0.3 is 10.2 Å². The first-order valence-corrected chi connectivity index (χ1v) is 11.8. The van der Waals surface area contributed by atoms with Gasteiger partial charge in [-0.2, -0.15) is 10.2 Å². The van der Waals surface area contributed by atoms with Gasteiger partial charge >= 0.3 is 0 Å². The fraction of sp³-hybridized carbons (Fsp3) is 0.429. The van der Waals surface area contributed by atoms with Gasteiger partial charge in [-0.3, -0.25) is 14.9 Å². The number of aromatic nitrogens is 5. The molecule has 164 valence electrons. The van der Waals surface area contributed by atoms with Gasteiger partial charge in [-0.25, -0.2) is 15.0 Å². The number of amides is 1. The summed E-state index contributed by atoms with van der Waals surface area (Å²) in [6, 6.07) is -0.475. The first kappa shape index (κ1) is 19.4. The van der Waals surface area contributed by atoms with Crippen LogP contribution in [0.5, 0.6) is 0 Å². The van der Waals surface area contributed by atoms with Crippen molar-refractivity contribution in [3.05, 3.63) is 41.0 Å². The molecule has 1 aliphatic carbocycles. The average Bonchev–Trinajstić information content (AvgIpc) is 3.21. The highest BCUT2D eigenvalue weighted by atomic mass is 32.1. The Balaban J connectivity index is 1.39. The van der Waals surface area contributed by atoms with Crippen LogP contribution < -0.4 is 15.6 Å². The predicted octanol–water partition coefficient (Wildman–Crippen LogP) is 2.82. The summed E-state index contributed by atoms with van der Waals surface area (Å²) >= 11 is 1.57. The van der Waals surface area contributed by atoms with E-state index in [0.29, 0.717) is 29.7 Å². The molecule has 0 spiro atoms. The van der Waals surface area contributed by atoms with Gasteiger partial charge in [0.15, 0.2) is 5.82 Å². The Morgan fingerprint density at radius 2 is 2.16 bits per heavy atom. The average molecular weight is 450 g/mol. The standard InChI is InChI=1S/C21H23N9OS/c1-2-16-20(31)26-15-9-23-18(14-8-24-28-17(14)21-22-5-6-32-21)27-19(15)30(16)13-7-25-29(11-13)10-12-3-4-12/h5-9,11-12,14,16-17,28H,2-4,10H2,1H3,(H,26,31). The van der Waals surface area contributed by atoms with Gasteiger partial charge in [0.25, 0.3) is 0 Å². The van der Waals surface area contributed by atoms with Gasteiger partial charge in [-0.1, -0.05) is 6.92 Å². The van der Waals surface area contributed by atoms with Gasteiger partial charge in [0, 0.05) is 30.5 Å². The maximum atomic E-state index is 12.8. The van der Waals surface area contributed by atoms with Crippen molar-refractivity contribution in [1.82, 2.24) is 30.2 Å². The van der Waals surface area contributed by atoms with E-state index in [1.165, 1.54) is 12.8 Å². The smallest absolute Gasteiger partial charge is 0.247 e. The number of nitrogens with one attached hydrogen (secondary N) is 2. The zero-order valence-corrected chi connectivity index (χ0v) is 18.4. The monoisotopic (exact) mass is 449 g/mol. The van der Waals surface area contributed by atoms with E-state index in [1.54, 1.807) is 23.7 Å². The van der Waals surface area contributed by atoms with Crippen molar-refractivity contribution in [2.24, 2.45) is 11.0 Å². The number of carbonyl (C=O) groups is 1. The second kappa shape index (κ2) is 7.66. The third-order valence-electron chi connectivity index (χ3n) is 6.14. The largest absolute Gasteiger partial charge is 0.320 e. The summed E-state index contributed by atoms with van der Waals surface area (Å²) in [5.41, 5.74) is 4.60. The van der Waals surface area contributed by atoms with E-state index in [-0.39, 0.29) is 23.9 Å². The molecular formula is C21H23N9OS. The van der Waals surface area contributed by atoms with Crippen LogP contribution >= 0.6 is 11.3 Å². The molecule has 3 atom stereocenters. The quantitative estimate of drug-likeness (QED) is 0.595. The summed E-state index contributed by atoms with van der Waals surface area (Å²) in [4.78, 5) is 28.8. The zero-order valence-electron chi connectivity index (χ0n) is 17.5. The number of fused-ring (bicyclic) bond motifs is 1. The van der Waals surface area contributed by atoms with E-state index in [0.717, 1.165) is 17.2 Å². The van der Waals surface area contributed by atoms with Gasteiger partial charge in [0.05, 0.1) is 24.0 Å². The van der Waals surface area contributed by atoms with Gasteiger partial charge in [0.2, 0.25) is 5.91 Å². The van der Waals surface area contributed by atoms with E-state index in [2.05, 4.69) is 30.9 Å². The summed E-state index contributed by atoms with van der Waals surface area (Å²) in [5.74, 6) is 1.83. The first-order chi connectivity index (χ1) is 15.7. The third-order valence-corrected chi connectivity index (χ3v) is 7.00. The van der Waals surface area contributed by atoms with Crippen LogP contribution in [-0.2, 0) is 11.3 Å². The van der Waals surface area contributed by atoms with Crippen molar-refractivity contribution in [3.8, 4) is 0 Å². The molecule has 32 heavy (non-hydrogen) atoms. The lowest BCUT2D eigenvalue weighted by Crippen LogP contribution is -2.45. The van der Waals surface area contributed by atoms with Gasteiger partial charge in [-0.05, 0) is 25.2 Å². The summed E-state index contributed by atoms with van der Waals surface area (Å²) in [6.45, 7) is 2.92. The first-order valence-electron chi connectivity index (χ1n) is 10.9. The Morgan fingerprint density at radius 3 is 2.94 bits per heavy atom. The molecule has 5 heterocycles. The second-order valence-electron chi connectivity index (χ2n) is 8.39. The maximum absolute atomic E-state index is 12.8. The number of hydrogen-bond acceptors (Lipinski definition) is 9. The second-order valence-corrected chi connectivity index (χ2v) is 9.32. The number of nitrogens with zero attached hydrogens (tertiary/aromatic N) is 7. The number of carbonyl (C=O) groups excluding carboxylic acids is 1. The third kappa shape index (κ3) is 3.32. The van der Waals surface area contributed by atoms with Crippen LogP contribution in [0.15, 0.2) is 35.3 Å². The van der Waals surface area contributed by atoms with Crippen molar-refractivity contribution in [2.75, 3.05) is 10.2 Å². The van der Waals surface area contributed by atoms with E-state index >= 15 is 0 Å². The van der Waals surface area contributed by atoms with E-state index in [1.807, 2.05) is 40.5 Å². The minimum Gasteiger partial charge on any atom is -0.320 e. The molecule has 0 bridgehead atoms. The molecular weight excluding hydrogens is 426 g/mol. The molecule has 10 nitrogen and oxygen atoms in total. The molecule has 6 rings (SSSR count).